The van der Waals surface area contributed by atoms with Gasteiger partial charge < -0.3 is 30.6 Å². The standard InChI is InChI=1S/C34H35F4N7O4/c1-3-18-6-5-7-19(4-2)30(18)45-31(23-16-44(11-9-26(23)43-45)33-41-14-21(15-42-33)34(36,37)38)28-22-8-10-40-29(22)20(12-24(28)35)17-49-32(48)25(39)13-27(46)47/h5-8,10,12,14-15,25,32,40,48H,3-4,9,11,13,16-17,39H2,1-2H3,(H,46,47)/t25-,32?/m0/s1. The largest absolute Gasteiger partial charge is 0.481 e. The van der Waals surface area contributed by atoms with Gasteiger partial charge in [-0.1, -0.05) is 32.0 Å². The average molecular weight is 682 g/mol. The van der Waals surface area contributed by atoms with E-state index in [1.54, 1.807) is 21.8 Å². The van der Waals surface area contributed by atoms with Crippen LogP contribution in [0.5, 0.6) is 0 Å². The van der Waals surface area contributed by atoms with E-state index >= 15 is 4.39 Å². The fraction of sp³-hybridized carbons (Fsp3) is 0.353. The molecular weight excluding hydrogens is 646 g/mol. The lowest BCUT2D eigenvalue weighted by Gasteiger charge is -2.27. The maximum atomic E-state index is 16.7. The van der Waals surface area contributed by atoms with Crippen LogP contribution in [0.15, 0.2) is 48.9 Å². The third kappa shape index (κ3) is 6.60. The van der Waals surface area contributed by atoms with Gasteiger partial charge in [0.1, 0.15) is 5.82 Å². The number of nitrogens with one attached hydrogen (secondary N) is 1. The normalized spacial score (nSPS) is 14.7. The number of H-pyrrole nitrogens is 1. The summed E-state index contributed by atoms with van der Waals surface area (Å²) in [6.07, 6.45) is -1.77. The molecule has 6 rings (SSSR count). The van der Waals surface area contributed by atoms with Crippen molar-refractivity contribution < 1.29 is 37.3 Å². The maximum absolute atomic E-state index is 16.7. The Morgan fingerprint density at radius 3 is 2.45 bits per heavy atom. The molecule has 1 aliphatic rings. The molecule has 5 N–H and O–H groups in total. The molecule has 15 heteroatoms. The fourth-order valence-corrected chi connectivity index (χ4v) is 6.31. The molecule has 258 valence electrons. The van der Waals surface area contributed by atoms with Crippen LogP contribution in [-0.2, 0) is 48.1 Å². The van der Waals surface area contributed by atoms with Crippen molar-refractivity contribution in [1.29, 1.82) is 0 Å². The minimum atomic E-state index is -4.58. The lowest BCUT2D eigenvalue weighted by Crippen LogP contribution is -2.38. The zero-order valence-electron chi connectivity index (χ0n) is 26.8. The van der Waals surface area contributed by atoms with Crippen LogP contribution in [0.2, 0.25) is 0 Å². The molecule has 1 aliphatic heterocycles. The Morgan fingerprint density at radius 1 is 1.12 bits per heavy atom. The summed E-state index contributed by atoms with van der Waals surface area (Å²) < 4.78 is 63.6. The Bertz CT molecular complexity index is 1970. The molecule has 11 nitrogen and oxygen atoms in total. The molecule has 0 aliphatic carbocycles. The number of carbonyl (C=O) groups is 1. The molecule has 2 aromatic carbocycles. The SMILES string of the molecule is CCc1cccc(CC)c1-n1nc2c(c1-c1c(F)cc(COC(O)[C@@H](N)CC(=O)O)c3[nH]ccc13)CN(c1ncc(C(F)(F)F)cn1)CC2. The van der Waals surface area contributed by atoms with Crippen LogP contribution in [0, 0.1) is 5.82 Å². The number of benzene rings is 2. The number of aliphatic carboxylic acids is 1. The minimum Gasteiger partial charge on any atom is -0.481 e. The van der Waals surface area contributed by atoms with Gasteiger partial charge in [-0.2, -0.15) is 18.3 Å². The van der Waals surface area contributed by atoms with E-state index in [1.807, 2.05) is 32.0 Å². The highest BCUT2D eigenvalue weighted by atomic mass is 19.4. The molecule has 0 amide bonds. The zero-order valence-corrected chi connectivity index (χ0v) is 26.8. The highest BCUT2D eigenvalue weighted by Crippen LogP contribution is 2.41. The predicted octanol–water partition coefficient (Wildman–Crippen LogP) is 5.29. The number of carboxylic acids is 1. The van der Waals surface area contributed by atoms with Gasteiger partial charge in [0.15, 0.2) is 6.29 Å². The number of anilines is 1. The summed E-state index contributed by atoms with van der Waals surface area (Å²) in [7, 11) is 0. The number of aromatic nitrogens is 5. The van der Waals surface area contributed by atoms with Crippen molar-refractivity contribution in [2.45, 2.75) is 71.2 Å². The van der Waals surface area contributed by atoms with Crippen LogP contribution >= 0.6 is 0 Å². The van der Waals surface area contributed by atoms with Gasteiger partial charge in [0, 0.05) is 60.2 Å². The first-order valence-electron chi connectivity index (χ1n) is 15.8. The number of aliphatic hydroxyl groups excluding tert-OH is 1. The summed E-state index contributed by atoms with van der Waals surface area (Å²) >= 11 is 0. The quantitative estimate of drug-likeness (QED) is 0.107. The number of rotatable bonds is 11. The Morgan fingerprint density at radius 2 is 1.82 bits per heavy atom. The number of aryl methyl sites for hydroxylation is 2. The predicted molar refractivity (Wildman–Crippen MR) is 172 cm³/mol. The van der Waals surface area contributed by atoms with Crippen LogP contribution in [-0.4, -0.2) is 59.8 Å². The number of fused-ring (bicyclic) bond motifs is 2. The third-order valence-corrected chi connectivity index (χ3v) is 8.76. The minimum absolute atomic E-state index is 0.111. The van der Waals surface area contributed by atoms with Crippen molar-refractivity contribution in [3.63, 3.8) is 0 Å². The number of halogens is 4. The van der Waals surface area contributed by atoms with Gasteiger partial charge in [-0.25, -0.2) is 19.0 Å². The van der Waals surface area contributed by atoms with Crippen molar-refractivity contribution in [3.05, 3.63) is 88.3 Å². The van der Waals surface area contributed by atoms with Crippen LogP contribution in [0.4, 0.5) is 23.5 Å². The van der Waals surface area contributed by atoms with Gasteiger partial charge in [-0.15, -0.1) is 0 Å². The number of carboxylic acid groups (broad SMARTS) is 1. The summed E-state index contributed by atoms with van der Waals surface area (Å²) in [6.45, 7) is 4.34. The monoisotopic (exact) mass is 681 g/mol. The molecule has 0 saturated heterocycles. The lowest BCUT2D eigenvalue weighted by molar-refractivity contribution is -0.146. The first kappa shape index (κ1) is 34.0. The molecule has 2 atom stereocenters. The van der Waals surface area contributed by atoms with Gasteiger partial charge in [0.25, 0.3) is 0 Å². The number of hydrogen-bond donors (Lipinski definition) is 4. The van der Waals surface area contributed by atoms with Crippen molar-refractivity contribution in [3.8, 4) is 16.9 Å². The van der Waals surface area contributed by atoms with Crippen LogP contribution < -0.4 is 10.6 Å². The first-order chi connectivity index (χ1) is 23.4. The summed E-state index contributed by atoms with van der Waals surface area (Å²) in [5.41, 5.74) is 10.7. The van der Waals surface area contributed by atoms with E-state index in [1.165, 1.54) is 6.07 Å². The van der Waals surface area contributed by atoms with E-state index in [2.05, 4.69) is 15.0 Å². The average Bonchev–Trinajstić information content (AvgIpc) is 3.71. The van der Waals surface area contributed by atoms with Crippen molar-refractivity contribution in [1.82, 2.24) is 24.7 Å². The van der Waals surface area contributed by atoms with Gasteiger partial charge in [-0.05, 0) is 36.1 Å². The third-order valence-electron chi connectivity index (χ3n) is 8.76. The number of aliphatic hydroxyl groups is 1. The molecule has 49 heavy (non-hydrogen) atoms. The summed E-state index contributed by atoms with van der Waals surface area (Å²) in [4.78, 5) is 23.9. The van der Waals surface area contributed by atoms with E-state index in [-0.39, 0.29) is 24.7 Å². The summed E-state index contributed by atoms with van der Waals surface area (Å²) in [6, 6.07) is 7.81. The Labute approximate surface area is 278 Å². The lowest BCUT2D eigenvalue weighted by atomic mass is 9.95. The molecular formula is C34H35F4N7O4. The molecule has 4 heterocycles. The van der Waals surface area contributed by atoms with E-state index in [9.17, 15) is 23.1 Å². The number of hydrogen-bond acceptors (Lipinski definition) is 8. The molecule has 5 aromatic rings. The number of nitrogens with zero attached hydrogens (tertiary/aromatic N) is 5. The molecule has 3 aromatic heterocycles. The smallest absolute Gasteiger partial charge is 0.419 e. The van der Waals surface area contributed by atoms with Crippen molar-refractivity contribution in [2.75, 3.05) is 11.4 Å². The topological polar surface area (TPSA) is 155 Å². The fourth-order valence-electron chi connectivity index (χ4n) is 6.31. The maximum Gasteiger partial charge on any atom is 0.419 e. The van der Waals surface area contributed by atoms with E-state index < -0.39 is 42.3 Å². The molecule has 0 spiro atoms. The Hall–Kier alpha value is -4.86. The number of para-hydroxylation sites is 1. The van der Waals surface area contributed by atoms with Gasteiger partial charge in [-0.3, -0.25) is 4.79 Å². The first-order valence-corrected chi connectivity index (χ1v) is 15.8. The van der Waals surface area contributed by atoms with Crippen molar-refractivity contribution >= 4 is 22.8 Å². The van der Waals surface area contributed by atoms with Gasteiger partial charge in [0.2, 0.25) is 5.95 Å². The molecule has 0 bridgehead atoms. The number of alkyl halides is 3. The Balaban J connectivity index is 1.49. The van der Waals surface area contributed by atoms with Crippen molar-refractivity contribution in [2.24, 2.45) is 5.73 Å². The molecule has 0 saturated carbocycles. The van der Waals surface area contributed by atoms with E-state index in [0.29, 0.717) is 53.5 Å². The highest BCUT2D eigenvalue weighted by molar-refractivity contribution is 5.97. The second-order valence-electron chi connectivity index (χ2n) is 11.9. The molecule has 1 unspecified atom stereocenters. The zero-order chi connectivity index (χ0) is 35.0. The van der Waals surface area contributed by atoms with E-state index in [0.717, 1.165) is 34.9 Å². The highest BCUT2D eigenvalue weighted by Gasteiger charge is 2.34. The Kier molecular flexibility index (Phi) is 9.42. The second kappa shape index (κ2) is 13.6. The van der Waals surface area contributed by atoms with Gasteiger partial charge in [0.05, 0.1) is 47.2 Å². The number of nitrogens with two attached hydrogens (primary N) is 1. The number of ether oxygens (including phenoxy) is 1. The summed E-state index contributed by atoms with van der Waals surface area (Å²) in [5.74, 6) is -1.69. The van der Waals surface area contributed by atoms with Crippen LogP contribution in [0.1, 0.15) is 53.8 Å². The summed E-state index contributed by atoms with van der Waals surface area (Å²) in [5, 5.41) is 24.9. The molecule has 0 radical (unpaired) electrons. The van der Waals surface area contributed by atoms with E-state index in [4.69, 9.17) is 20.7 Å². The van der Waals surface area contributed by atoms with Gasteiger partial charge >= 0.3 is 12.1 Å². The number of aromatic amines is 1. The van der Waals surface area contributed by atoms with Crippen LogP contribution in [0.3, 0.4) is 0 Å². The van der Waals surface area contributed by atoms with Crippen LogP contribution in [0.25, 0.3) is 27.8 Å². The second-order valence-corrected chi connectivity index (χ2v) is 11.9. The molecule has 0 fully saturated rings.